The van der Waals surface area contributed by atoms with Gasteiger partial charge in [-0.15, -0.1) is 0 Å². The molecule has 1 heterocycles. The molecule has 11 heteroatoms. The molecule has 2 rings (SSSR count). The van der Waals surface area contributed by atoms with Crippen LogP contribution in [0.15, 0.2) is 30.3 Å². The molecule has 340 valence electrons. The molecule has 5 N–H and O–H groups in total. The summed E-state index contributed by atoms with van der Waals surface area (Å²) in [7, 11) is 0. The molecule has 1 aliphatic rings. The summed E-state index contributed by atoms with van der Waals surface area (Å²) in [6.07, 6.45) is 19.7. The zero-order valence-corrected chi connectivity index (χ0v) is 37.6. The number of benzene rings is 1. The van der Waals surface area contributed by atoms with Gasteiger partial charge >= 0.3 is 6.09 Å². The molecule has 0 aliphatic carbocycles. The maximum absolute atomic E-state index is 14.3. The Kier molecular flexibility index (Phi) is 28.7. The molecular formula is C48H85N3O8. The maximum Gasteiger partial charge on any atom is 0.417 e. The lowest BCUT2D eigenvalue weighted by molar-refractivity contribution is -0.245. The highest BCUT2D eigenvalue weighted by Gasteiger charge is 2.53. The largest absolute Gasteiger partial charge is 0.444 e. The van der Waals surface area contributed by atoms with E-state index in [2.05, 4.69) is 13.8 Å². The summed E-state index contributed by atoms with van der Waals surface area (Å²) in [4.78, 5) is 44.9. The number of unbranched alkanes of at least 4 members (excludes halogenated alkanes) is 21. The Labute approximate surface area is 358 Å². The number of hydrogen-bond acceptors (Lipinski definition) is 9. The van der Waals surface area contributed by atoms with E-state index in [1.165, 1.54) is 101 Å². The van der Waals surface area contributed by atoms with Crippen molar-refractivity contribution in [1.82, 2.24) is 9.80 Å². The van der Waals surface area contributed by atoms with E-state index in [-0.39, 0.29) is 37.8 Å². The van der Waals surface area contributed by atoms with Gasteiger partial charge in [-0.3, -0.25) is 9.59 Å². The Hall–Kier alpha value is -2.57. The zero-order valence-electron chi connectivity index (χ0n) is 37.6. The number of nitrogens with two attached hydrogens (primary N) is 1. The van der Waals surface area contributed by atoms with Crippen LogP contribution in [0.25, 0.3) is 0 Å². The van der Waals surface area contributed by atoms with Crippen molar-refractivity contribution in [3.8, 4) is 0 Å². The SMILES string of the molecule is CCCCCCCCCCCCCCCC(=O)N(CCCCCCCCCCCC)[C@@H]1O[C@H](CO)[C@@H](O)[C@H](O)[C@H]1N(C(=O)OCc1ccccc1)C(=O)[C@@H](N)CC(C)C. The first-order valence-corrected chi connectivity index (χ1v) is 23.8. The molecule has 0 aromatic heterocycles. The molecule has 11 nitrogen and oxygen atoms in total. The van der Waals surface area contributed by atoms with Crippen LogP contribution in [0.4, 0.5) is 4.79 Å². The minimum Gasteiger partial charge on any atom is -0.444 e. The van der Waals surface area contributed by atoms with Crippen LogP contribution in [0.3, 0.4) is 0 Å². The maximum atomic E-state index is 14.3. The summed E-state index contributed by atoms with van der Waals surface area (Å²) in [6.45, 7) is 7.75. The van der Waals surface area contributed by atoms with Crippen molar-refractivity contribution >= 4 is 17.9 Å². The minimum absolute atomic E-state index is 0.0126. The first-order chi connectivity index (χ1) is 28.6. The molecule has 1 aromatic rings. The number of imide groups is 1. The lowest BCUT2D eigenvalue weighted by Crippen LogP contribution is -2.71. The molecule has 0 unspecified atom stereocenters. The molecule has 1 saturated heterocycles. The third-order valence-electron chi connectivity index (χ3n) is 11.7. The predicted molar refractivity (Wildman–Crippen MR) is 236 cm³/mol. The van der Waals surface area contributed by atoms with E-state index in [0.29, 0.717) is 18.4 Å². The highest BCUT2D eigenvalue weighted by atomic mass is 16.6. The molecule has 1 aliphatic heterocycles. The minimum atomic E-state index is -1.76. The number of ether oxygens (including phenoxy) is 2. The van der Waals surface area contributed by atoms with Gasteiger partial charge in [0, 0.05) is 13.0 Å². The topological polar surface area (TPSA) is 163 Å². The standard InChI is InChI=1S/C48H85N3O8/c1-5-7-9-11-13-15-17-18-19-20-22-24-29-33-42(53)50(34-30-25-23-21-16-14-12-10-8-6-2)47-43(45(55)44(54)41(36-52)59-47)51(46(56)40(49)35-38(3)4)48(57)58-37-39-31-27-26-28-32-39/h26-28,31-32,38,40-41,43-45,47,52,54-55H,5-25,29-30,33-37,49H2,1-4H3/t40-,41+,43+,44+,45+,47+/m0/s1. The fourth-order valence-corrected chi connectivity index (χ4v) is 8.16. The Balaban J connectivity index is 2.27. The third kappa shape index (κ3) is 20.7. The average Bonchev–Trinajstić information content (AvgIpc) is 3.22. The molecule has 1 aromatic carbocycles. The van der Waals surface area contributed by atoms with E-state index in [9.17, 15) is 29.7 Å². The molecule has 0 bridgehead atoms. The summed E-state index contributed by atoms with van der Waals surface area (Å²) >= 11 is 0. The number of carbonyl (C=O) groups excluding carboxylic acids is 3. The van der Waals surface area contributed by atoms with Gasteiger partial charge in [-0.25, -0.2) is 9.69 Å². The number of rotatable bonds is 33. The van der Waals surface area contributed by atoms with Gasteiger partial charge in [0.05, 0.1) is 12.6 Å². The molecule has 6 atom stereocenters. The van der Waals surface area contributed by atoms with Crippen LogP contribution < -0.4 is 5.73 Å². The normalized spacial score (nSPS) is 19.8. The fourth-order valence-electron chi connectivity index (χ4n) is 8.16. The second-order valence-electron chi connectivity index (χ2n) is 17.5. The molecule has 3 amide bonds. The molecule has 0 spiro atoms. The van der Waals surface area contributed by atoms with Gasteiger partial charge < -0.3 is 35.4 Å². The van der Waals surface area contributed by atoms with Crippen molar-refractivity contribution in [2.45, 2.75) is 231 Å². The van der Waals surface area contributed by atoms with Crippen LogP contribution in [-0.2, 0) is 25.7 Å². The van der Waals surface area contributed by atoms with Crippen LogP contribution in [0.1, 0.15) is 194 Å². The number of aliphatic hydroxyl groups excluding tert-OH is 3. The quantitative estimate of drug-likeness (QED) is 0.0506. The molecule has 59 heavy (non-hydrogen) atoms. The van der Waals surface area contributed by atoms with Crippen LogP contribution in [0.5, 0.6) is 0 Å². The van der Waals surface area contributed by atoms with Gasteiger partial charge in [0.2, 0.25) is 11.8 Å². The van der Waals surface area contributed by atoms with Crippen molar-refractivity contribution in [1.29, 1.82) is 0 Å². The Morgan fingerprint density at radius 2 is 1.19 bits per heavy atom. The van der Waals surface area contributed by atoms with Gasteiger partial charge in [-0.1, -0.05) is 193 Å². The monoisotopic (exact) mass is 832 g/mol. The number of aliphatic hydroxyl groups is 3. The van der Waals surface area contributed by atoms with E-state index in [4.69, 9.17) is 15.2 Å². The number of carbonyl (C=O) groups is 3. The summed E-state index contributed by atoms with van der Waals surface area (Å²) in [6, 6.07) is 6.34. The van der Waals surface area contributed by atoms with Crippen molar-refractivity contribution in [3.63, 3.8) is 0 Å². The lowest BCUT2D eigenvalue weighted by Gasteiger charge is -2.49. The van der Waals surface area contributed by atoms with Crippen LogP contribution in [0.2, 0.25) is 0 Å². The van der Waals surface area contributed by atoms with Crippen LogP contribution in [0, 0.1) is 5.92 Å². The fraction of sp³-hybridized carbons (Fsp3) is 0.812. The predicted octanol–water partition coefficient (Wildman–Crippen LogP) is 9.56. The van der Waals surface area contributed by atoms with Crippen LogP contribution in [-0.4, -0.2) is 92.8 Å². The second kappa shape index (κ2) is 32.2. The van der Waals surface area contributed by atoms with Crippen molar-refractivity contribution in [3.05, 3.63) is 35.9 Å². The lowest BCUT2D eigenvalue weighted by atomic mass is 9.92. The van der Waals surface area contributed by atoms with Crippen molar-refractivity contribution in [2.75, 3.05) is 13.2 Å². The van der Waals surface area contributed by atoms with Crippen molar-refractivity contribution in [2.24, 2.45) is 11.7 Å². The third-order valence-corrected chi connectivity index (χ3v) is 11.7. The summed E-state index contributed by atoms with van der Waals surface area (Å²) in [5, 5.41) is 33.2. The summed E-state index contributed by atoms with van der Waals surface area (Å²) in [5.41, 5.74) is 7.10. The van der Waals surface area contributed by atoms with Gasteiger partial charge in [0.15, 0.2) is 6.23 Å². The smallest absolute Gasteiger partial charge is 0.417 e. The van der Waals surface area contributed by atoms with Gasteiger partial charge in [-0.05, 0) is 30.7 Å². The molecule has 0 saturated carbocycles. The van der Waals surface area contributed by atoms with E-state index in [0.717, 1.165) is 43.4 Å². The Morgan fingerprint density at radius 3 is 1.66 bits per heavy atom. The first kappa shape index (κ1) is 52.6. The molecule has 1 fully saturated rings. The van der Waals surface area contributed by atoms with E-state index in [1.54, 1.807) is 24.3 Å². The second-order valence-corrected chi connectivity index (χ2v) is 17.5. The first-order valence-electron chi connectivity index (χ1n) is 23.8. The van der Waals surface area contributed by atoms with E-state index >= 15 is 0 Å². The van der Waals surface area contributed by atoms with Crippen molar-refractivity contribution < 1.29 is 39.2 Å². The van der Waals surface area contributed by atoms with Gasteiger partial charge in [0.1, 0.15) is 31.0 Å². The van der Waals surface area contributed by atoms with Crippen LogP contribution >= 0.6 is 0 Å². The Bertz CT molecular complexity index is 1240. The van der Waals surface area contributed by atoms with E-state index in [1.807, 2.05) is 19.9 Å². The summed E-state index contributed by atoms with van der Waals surface area (Å²) in [5.74, 6) is -1.01. The number of nitrogens with zero attached hydrogens (tertiary/aromatic N) is 2. The van der Waals surface area contributed by atoms with Gasteiger partial charge in [-0.2, -0.15) is 0 Å². The van der Waals surface area contributed by atoms with E-state index < -0.39 is 55.2 Å². The summed E-state index contributed by atoms with van der Waals surface area (Å²) < 4.78 is 12.0. The molecular weight excluding hydrogens is 747 g/mol. The molecule has 0 radical (unpaired) electrons. The average molecular weight is 832 g/mol. The number of amides is 3. The number of hydrogen-bond donors (Lipinski definition) is 4. The Morgan fingerprint density at radius 1 is 0.712 bits per heavy atom. The van der Waals surface area contributed by atoms with Gasteiger partial charge in [0.25, 0.3) is 0 Å². The highest BCUT2D eigenvalue weighted by molar-refractivity contribution is 5.95. The highest BCUT2D eigenvalue weighted by Crippen LogP contribution is 2.31. The zero-order chi connectivity index (χ0) is 43.3.